The van der Waals surface area contributed by atoms with Crippen LogP contribution in [0.5, 0.6) is 11.5 Å². The number of rotatable bonds is 6. The first-order valence-electron chi connectivity index (χ1n) is 8.37. The Balaban J connectivity index is 1.26. The Morgan fingerprint density at radius 3 is 2.96 bits per heavy atom. The summed E-state index contributed by atoms with van der Waals surface area (Å²) in [5.74, 6) is 0.214. The number of hydrogen-bond donors (Lipinski definition) is 1. The van der Waals surface area contributed by atoms with E-state index in [0.29, 0.717) is 22.9 Å². The second-order valence-corrected chi connectivity index (χ2v) is 6.70. The van der Waals surface area contributed by atoms with E-state index in [1.54, 1.807) is 36.0 Å². The number of aromatic nitrogens is 2. The Bertz CT molecular complexity index is 1010. The van der Waals surface area contributed by atoms with Crippen molar-refractivity contribution in [3.8, 4) is 22.1 Å². The summed E-state index contributed by atoms with van der Waals surface area (Å²) in [6.07, 6.45) is 3.39. The Kier molecular flexibility index (Phi) is 5.16. The van der Waals surface area contributed by atoms with E-state index >= 15 is 0 Å². The van der Waals surface area contributed by atoms with Crippen molar-refractivity contribution in [2.75, 3.05) is 18.7 Å². The average Bonchev–Trinajstić information content (AvgIpc) is 3.36. The number of fused-ring (bicyclic) bond motifs is 1. The van der Waals surface area contributed by atoms with E-state index in [1.165, 1.54) is 11.3 Å². The molecule has 4 rings (SSSR count). The number of carbonyl (C=O) groups is 2. The number of anilines is 1. The minimum atomic E-state index is -0.524. The molecule has 0 bridgehead atoms. The van der Waals surface area contributed by atoms with Gasteiger partial charge in [0.1, 0.15) is 5.01 Å². The number of ether oxygens (including phenoxy) is 3. The average molecular weight is 397 g/mol. The van der Waals surface area contributed by atoms with Crippen molar-refractivity contribution in [3.63, 3.8) is 0 Å². The molecule has 1 amide bonds. The summed E-state index contributed by atoms with van der Waals surface area (Å²) in [5, 5.41) is 5.21. The Morgan fingerprint density at radius 2 is 2.11 bits per heavy atom. The molecule has 28 heavy (non-hydrogen) atoms. The summed E-state index contributed by atoms with van der Waals surface area (Å²) in [4.78, 5) is 32.4. The van der Waals surface area contributed by atoms with Crippen molar-refractivity contribution in [1.29, 1.82) is 0 Å². The SMILES string of the molecule is O=C(COC(=O)Cc1csc(-c2cccnc2)n1)Nc1ccc2c(c1)OCO2. The zero-order valence-corrected chi connectivity index (χ0v) is 15.4. The van der Waals surface area contributed by atoms with Gasteiger partial charge in [0.25, 0.3) is 5.91 Å². The number of nitrogens with zero attached hydrogens (tertiary/aromatic N) is 2. The molecular weight excluding hydrogens is 382 g/mol. The summed E-state index contributed by atoms with van der Waals surface area (Å²) >= 11 is 1.42. The second-order valence-electron chi connectivity index (χ2n) is 5.84. The Hall–Kier alpha value is -3.46. The first-order valence-corrected chi connectivity index (χ1v) is 9.25. The van der Waals surface area contributed by atoms with Crippen LogP contribution in [-0.4, -0.2) is 35.2 Å². The van der Waals surface area contributed by atoms with Gasteiger partial charge in [-0.25, -0.2) is 4.98 Å². The summed E-state index contributed by atoms with van der Waals surface area (Å²) in [5.41, 5.74) is 2.01. The van der Waals surface area contributed by atoms with E-state index in [9.17, 15) is 9.59 Å². The number of carbonyl (C=O) groups excluding carboxylic acids is 2. The fraction of sp³-hybridized carbons (Fsp3) is 0.158. The molecule has 1 N–H and O–H groups in total. The van der Waals surface area contributed by atoms with Gasteiger partial charge < -0.3 is 19.5 Å². The van der Waals surface area contributed by atoms with E-state index < -0.39 is 11.9 Å². The van der Waals surface area contributed by atoms with Gasteiger partial charge in [0.2, 0.25) is 6.79 Å². The molecule has 2 aromatic heterocycles. The second kappa shape index (κ2) is 8.05. The number of hydrogen-bond acceptors (Lipinski definition) is 8. The molecule has 3 heterocycles. The lowest BCUT2D eigenvalue weighted by Gasteiger charge is -2.07. The van der Waals surface area contributed by atoms with Crippen LogP contribution in [0.4, 0.5) is 5.69 Å². The molecule has 0 atom stereocenters. The highest BCUT2D eigenvalue weighted by Crippen LogP contribution is 2.34. The number of amides is 1. The van der Waals surface area contributed by atoms with E-state index in [2.05, 4.69) is 15.3 Å². The van der Waals surface area contributed by atoms with Crippen LogP contribution >= 0.6 is 11.3 Å². The Labute approximate surface area is 164 Å². The van der Waals surface area contributed by atoms with Gasteiger partial charge in [-0.1, -0.05) is 0 Å². The van der Waals surface area contributed by atoms with Crippen LogP contribution < -0.4 is 14.8 Å². The molecule has 1 aromatic carbocycles. The number of thiazole rings is 1. The lowest BCUT2D eigenvalue weighted by Crippen LogP contribution is -2.21. The zero-order valence-electron chi connectivity index (χ0n) is 14.6. The molecule has 0 spiro atoms. The third-order valence-corrected chi connectivity index (χ3v) is 4.75. The molecule has 0 fully saturated rings. The summed E-state index contributed by atoms with van der Waals surface area (Å²) in [6.45, 7) is -0.226. The van der Waals surface area contributed by atoms with E-state index in [4.69, 9.17) is 14.2 Å². The highest BCUT2D eigenvalue weighted by Gasteiger charge is 2.15. The predicted molar refractivity (Wildman–Crippen MR) is 101 cm³/mol. The fourth-order valence-electron chi connectivity index (χ4n) is 2.53. The normalized spacial score (nSPS) is 11.9. The van der Waals surface area contributed by atoms with Gasteiger partial charge in [0, 0.05) is 35.1 Å². The van der Waals surface area contributed by atoms with Crippen LogP contribution in [0.3, 0.4) is 0 Å². The molecule has 1 aliphatic heterocycles. The first-order chi connectivity index (χ1) is 13.7. The van der Waals surface area contributed by atoms with E-state index in [0.717, 1.165) is 10.6 Å². The molecule has 0 saturated carbocycles. The minimum absolute atomic E-state index is 0.00589. The summed E-state index contributed by atoms with van der Waals surface area (Å²) < 4.78 is 15.5. The monoisotopic (exact) mass is 397 g/mol. The molecule has 0 saturated heterocycles. The molecule has 0 unspecified atom stereocenters. The smallest absolute Gasteiger partial charge is 0.312 e. The number of pyridine rings is 1. The molecule has 0 radical (unpaired) electrons. The van der Waals surface area contributed by atoms with Crippen LogP contribution in [0.25, 0.3) is 10.6 Å². The van der Waals surface area contributed by atoms with Gasteiger partial charge in [0.05, 0.1) is 12.1 Å². The van der Waals surface area contributed by atoms with Crippen molar-refractivity contribution in [2.24, 2.45) is 0 Å². The van der Waals surface area contributed by atoms with E-state index in [-0.39, 0.29) is 19.8 Å². The van der Waals surface area contributed by atoms with Gasteiger partial charge >= 0.3 is 5.97 Å². The van der Waals surface area contributed by atoms with Crippen LogP contribution in [0, 0.1) is 0 Å². The molecule has 0 aliphatic carbocycles. The maximum absolute atomic E-state index is 12.0. The number of esters is 1. The molecular formula is C19H15N3O5S. The van der Waals surface area contributed by atoms with Gasteiger partial charge in [-0.15, -0.1) is 11.3 Å². The van der Waals surface area contributed by atoms with E-state index in [1.807, 2.05) is 12.1 Å². The fourth-order valence-corrected chi connectivity index (χ4v) is 3.34. The van der Waals surface area contributed by atoms with Crippen molar-refractivity contribution in [1.82, 2.24) is 9.97 Å². The van der Waals surface area contributed by atoms with Crippen molar-refractivity contribution < 1.29 is 23.8 Å². The lowest BCUT2D eigenvalue weighted by atomic mass is 10.3. The van der Waals surface area contributed by atoms with Crippen LogP contribution in [0.1, 0.15) is 5.69 Å². The van der Waals surface area contributed by atoms with Gasteiger partial charge in [-0.2, -0.15) is 0 Å². The molecule has 9 heteroatoms. The highest BCUT2D eigenvalue weighted by molar-refractivity contribution is 7.13. The summed E-state index contributed by atoms with van der Waals surface area (Å²) in [6, 6.07) is 8.75. The van der Waals surface area contributed by atoms with Gasteiger partial charge in [-0.3, -0.25) is 14.6 Å². The summed E-state index contributed by atoms with van der Waals surface area (Å²) in [7, 11) is 0. The van der Waals surface area contributed by atoms with Gasteiger partial charge in [0.15, 0.2) is 18.1 Å². The maximum Gasteiger partial charge on any atom is 0.312 e. The third-order valence-electron chi connectivity index (χ3n) is 3.81. The van der Waals surface area contributed by atoms with Crippen LogP contribution in [0.2, 0.25) is 0 Å². The quantitative estimate of drug-likeness (QED) is 0.638. The first kappa shape index (κ1) is 17.9. The zero-order chi connectivity index (χ0) is 19.3. The Morgan fingerprint density at radius 1 is 1.21 bits per heavy atom. The molecule has 142 valence electrons. The van der Waals surface area contributed by atoms with Crippen molar-refractivity contribution >= 4 is 28.9 Å². The standard InChI is InChI=1S/C19H15N3O5S/c23-17(21-13-3-4-15-16(6-13)27-11-26-15)9-25-18(24)7-14-10-28-19(22-14)12-2-1-5-20-8-12/h1-6,8,10H,7,9,11H2,(H,21,23). The topological polar surface area (TPSA) is 99.6 Å². The van der Waals surface area contributed by atoms with Crippen LogP contribution in [-0.2, 0) is 20.7 Å². The maximum atomic E-state index is 12.0. The number of benzene rings is 1. The van der Waals surface area contributed by atoms with Crippen molar-refractivity contribution in [3.05, 3.63) is 53.8 Å². The largest absolute Gasteiger partial charge is 0.455 e. The van der Waals surface area contributed by atoms with Crippen LogP contribution in [0.15, 0.2) is 48.1 Å². The molecule has 3 aromatic rings. The van der Waals surface area contributed by atoms with Crippen molar-refractivity contribution in [2.45, 2.75) is 6.42 Å². The number of nitrogens with one attached hydrogen (secondary N) is 1. The molecule has 1 aliphatic rings. The minimum Gasteiger partial charge on any atom is -0.455 e. The third kappa shape index (κ3) is 4.26. The predicted octanol–water partition coefficient (Wildman–Crippen LogP) is 2.66. The molecule has 8 nitrogen and oxygen atoms in total. The highest BCUT2D eigenvalue weighted by atomic mass is 32.1. The van der Waals surface area contributed by atoms with Gasteiger partial charge in [-0.05, 0) is 24.3 Å². The lowest BCUT2D eigenvalue weighted by molar-refractivity contribution is -0.146.